The zero-order valence-corrected chi connectivity index (χ0v) is 31.6. The van der Waals surface area contributed by atoms with Crippen molar-refractivity contribution in [3.63, 3.8) is 0 Å². The molecule has 0 aromatic carbocycles. The highest BCUT2D eigenvalue weighted by Crippen LogP contribution is 2.35. The van der Waals surface area contributed by atoms with Gasteiger partial charge in [0.2, 0.25) is 5.91 Å². The number of ether oxygens (including phenoxy) is 6. The number of allylic oxidation sites excluding steroid dienone is 12. The zero-order valence-electron chi connectivity index (χ0n) is 30.0. The number of methoxy groups -OCH3 is 1. The molecule has 0 spiro atoms. The predicted molar refractivity (Wildman–Crippen MR) is 194 cm³/mol. The zero-order chi connectivity index (χ0) is 40.6. The van der Waals surface area contributed by atoms with Crippen LogP contribution >= 0.6 is 23.2 Å². The number of aliphatic hydroxyl groups excluding tert-OH is 6. The predicted octanol–water partition coefficient (Wildman–Crippen LogP) is -0.00880. The lowest BCUT2D eigenvalue weighted by Gasteiger charge is -2.46. The molecule has 17 nitrogen and oxygen atoms in total. The highest BCUT2D eigenvalue weighted by Gasteiger charge is 2.56. The third kappa shape index (κ3) is 11.0. The van der Waals surface area contributed by atoms with Crippen molar-refractivity contribution in [2.75, 3.05) is 20.3 Å². The van der Waals surface area contributed by atoms with Gasteiger partial charge in [-0.15, -0.1) is 0 Å². The fourth-order valence-electron chi connectivity index (χ4n) is 6.17. The van der Waals surface area contributed by atoms with E-state index in [-0.39, 0.29) is 0 Å². The van der Waals surface area contributed by atoms with Crippen molar-refractivity contribution < 1.29 is 73.4 Å². The second kappa shape index (κ2) is 20.2. The van der Waals surface area contributed by atoms with Gasteiger partial charge in [0.1, 0.15) is 66.2 Å². The summed E-state index contributed by atoms with van der Waals surface area (Å²) >= 11 is 11.8. The van der Waals surface area contributed by atoms with E-state index in [1.165, 1.54) is 19.3 Å². The molecule has 4 rings (SSSR count). The van der Waals surface area contributed by atoms with Crippen LogP contribution in [0.3, 0.4) is 0 Å². The Morgan fingerprint density at radius 1 is 0.891 bits per heavy atom. The molecule has 4 aliphatic rings. The number of nitrogens with zero attached hydrogens (tertiary/aromatic N) is 1. The Hall–Kier alpha value is -3.27. The molecule has 0 aliphatic carbocycles. The Morgan fingerprint density at radius 3 is 2.18 bits per heavy atom. The molecule has 0 radical (unpaired) electrons. The van der Waals surface area contributed by atoms with Crippen molar-refractivity contribution in [1.82, 2.24) is 4.90 Å². The van der Waals surface area contributed by atoms with Crippen LogP contribution in [0, 0.1) is 0 Å². The molecule has 13 atom stereocenters. The minimum absolute atomic E-state index is 0.404. The van der Waals surface area contributed by atoms with Crippen LogP contribution in [0.5, 0.6) is 0 Å². The number of amides is 2. The molecule has 4 fully saturated rings. The van der Waals surface area contributed by atoms with E-state index in [4.69, 9.17) is 57.4 Å². The van der Waals surface area contributed by atoms with Gasteiger partial charge in [0.25, 0.3) is 5.91 Å². The highest BCUT2D eigenvalue weighted by atomic mass is 35.5. The number of rotatable bonds is 14. The van der Waals surface area contributed by atoms with Gasteiger partial charge in [0, 0.05) is 17.2 Å². The smallest absolute Gasteiger partial charge is 0.264 e. The summed E-state index contributed by atoms with van der Waals surface area (Å²) in [4.78, 5) is 40.2. The molecule has 4 heterocycles. The molecule has 4 aliphatic heterocycles. The van der Waals surface area contributed by atoms with Gasteiger partial charge in [-0.25, -0.2) is 0 Å². The van der Waals surface area contributed by atoms with Gasteiger partial charge in [-0.2, -0.15) is 0 Å². The minimum atomic E-state index is -1.85. The number of aliphatic hydroxyl groups is 6. The van der Waals surface area contributed by atoms with Crippen LogP contribution in [-0.4, -0.2) is 153 Å². The van der Waals surface area contributed by atoms with Crippen LogP contribution in [0.1, 0.15) is 20.3 Å². The molecule has 8 N–H and O–H groups in total. The van der Waals surface area contributed by atoms with Crippen molar-refractivity contribution >= 4 is 40.8 Å². The fourth-order valence-corrected chi connectivity index (χ4v) is 6.58. The van der Waals surface area contributed by atoms with Gasteiger partial charge >= 0.3 is 0 Å². The molecule has 0 aromatic heterocycles. The highest BCUT2D eigenvalue weighted by molar-refractivity contribution is 6.34. The molecule has 0 unspecified atom stereocenters. The number of Topliss-reactive ketones (excluding diaryl/α,β-unsaturated/α-hetero) is 1. The Balaban J connectivity index is 1.50. The summed E-state index contributed by atoms with van der Waals surface area (Å²) in [6.07, 6.45) is -2.29. The van der Waals surface area contributed by atoms with Crippen LogP contribution in [0.25, 0.3) is 0 Å². The quantitative estimate of drug-likeness (QED) is 0.0527. The summed E-state index contributed by atoms with van der Waals surface area (Å²) in [6.45, 7) is 2.32. The van der Waals surface area contributed by atoms with Crippen LogP contribution < -0.4 is 5.73 Å². The lowest BCUT2D eigenvalue weighted by molar-refractivity contribution is -0.338. The monoisotopic (exact) mass is 816 g/mol. The summed E-state index contributed by atoms with van der Waals surface area (Å²) in [5.41, 5.74) is 4.70. The largest absolute Gasteiger partial charge is 0.507 e. The SMILES string of the molecule is CO[C@@H]1[C@H](O[C@@H]2CO[C@@H](O[C@@H]3[C@@H](O)[C@H](O)CO[C@H]3N3C(=O)/C(=C(O)/C=C/C=C/C=C/C=C/C=C(Cl)/C=C(\C)Cl)C(=O)[C@@H]3CC(N)=O)[C@@H](O)[C@@H]2O)O[C@H](C)[C@H]1O. The normalized spacial score (nSPS) is 37.8. The molecule has 0 aromatic rings. The Kier molecular flexibility index (Phi) is 16.4. The van der Waals surface area contributed by atoms with Gasteiger partial charge in [-0.3, -0.25) is 19.3 Å². The Bertz CT molecular complexity index is 1610. The maximum Gasteiger partial charge on any atom is 0.264 e. The van der Waals surface area contributed by atoms with E-state index in [2.05, 4.69) is 0 Å². The lowest BCUT2D eigenvalue weighted by Crippen LogP contribution is -2.65. The van der Waals surface area contributed by atoms with E-state index >= 15 is 0 Å². The first-order valence-electron chi connectivity index (χ1n) is 17.2. The van der Waals surface area contributed by atoms with Gasteiger partial charge in [-0.05, 0) is 32.1 Å². The fraction of sp³-hybridized carbons (Fsp3) is 0.528. The van der Waals surface area contributed by atoms with E-state index in [0.29, 0.717) is 10.1 Å². The average Bonchev–Trinajstić information content (AvgIpc) is 3.53. The lowest BCUT2D eigenvalue weighted by atomic mass is 10.0. The summed E-state index contributed by atoms with van der Waals surface area (Å²) < 4.78 is 33.7. The molecule has 304 valence electrons. The topological polar surface area (TPSA) is 257 Å². The maximum absolute atomic E-state index is 13.8. The number of primary amides is 1. The van der Waals surface area contributed by atoms with Crippen LogP contribution in [0.2, 0.25) is 0 Å². The molecule has 55 heavy (non-hydrogen) atoms. The number of hydrogen-bond acceptors (Lipinski definition) is 15. The van der Waals surface area contributed by atoms with Crippen LogP contribution in [-0.2, 0) is 42.8 Å². The van der Waals surface area contributed by atoms with Gasteiger partial charge in [0.15, 0.2) is 24.6 Å². The van der Waals surface area contributed by atoms with Gasteiger partial charge in [0.05, 0.1) is 25.7 Å². The summed E-state index contributed by atoms with van der Waals surface area (Å²) in [7, 11) is 1.34. The summed E-state index contributed by atoms with van der Waals surface area (Å²) in [5, 5.41) is 65.5. The van der Waals surface area contributed by atoms with Crippen LogP contribution in [0.4, 0.5) is 0 Å². The van der Waals surface area contributed by atoms with Crippen molar-refractivity contribution in [3.8, 4) is 0 Å². The first kappa shape index (κ1) is 44.4. The van der Waals surface area contributed by atoms with Gasteiger partial charge in [-0.1, -0.05) is 65.7 Å². The molecular weight excluding hydrogens is 771 g/mol. The number of nitrogens with two attached hydrogens (primary N) is 1. The summed E-state index contributed by atoms with van der Waals surface area (Å²) in [5.74, 6) is -3.83. The number of halogens is 2. The second-order valence-corrected chi connectivity index (χ2v) is 14.0. The molecule has 0 bridgehead atoms. The van der Waals surface area contributed by atoms with E-state index in [1.807, 2.05) is 0 Å². The maximum atomic E-state index is 13.8. The van der Waals surface area contributed by atoms with E-state index in [1.54, 1.807) is 56.4 Å². The standard InChI is InChI=1S/C36H46Cl2N2O15/c1-17(37)13-19(38)11-9-7-5-4-6-8-10-12-21(41)25-27(45)20(14-24(39)43)40(33(25)49)34-31(28(46)22(42)15-51-34)55-35-30(48)29(47)23(16-52-35)54-36-32(50-3)26(44)18(2)53-36/h4-13,18,20,22-23,26,28-32,34-36,41-42,44,46-48H,14-16H2,1-3H3,(H2,39,43)/b5-4+,8-6+,9-7+,12-10+,17-13+,19-11-,25-21-/t18-,20+,22-,23-,26-,28+,29-,30+,31-,32+,34-,35+,36+/m1/s1. The summed E-state index contributed by atoms with van der Waals surface area (Å²) in [6, 6.07) is -1.62. The number of carbonyl (C=O) groups is 3. The number of ketones is 1. The van der Waals surface area contributed by atoms with E-state index in [9.17, 15) is 45.0 Å². The minimum Gasteiger partial charge on any atom is -0.507 e. The third-order valence-corrected chi connectivity index (χ3v) is 9.31. The first-order valence-corrected chi connectivity index (χ1v) is 17.9. The molecule has 19 heteroatoms. The number of likely N-dealkylation sites (tertiary alicyclic amines) is 1. The van der Waals surface area contributed by atoms with E-state index < -0.39 is 128 Å². The first-order chi connectivity index (χ1) is 26.1. The molecule has 0 saturated carbocycles. The second-order valence-electron chi connectivity index (χ2n) is 13.0. The van der Waals surface area contributed by atoms with Crippen molar-refractivity contribution in [2.45, 2.75) is 100 Å². The van der Waals surface area contributed by atoms with E-state index in [0.717, 1.165) is 11.0 Å². The Morgan fingerprint density at radius 2 is 1.55 bits per heavy atom. The van der Waals surface area contributed by atoms with Crippen LogP contribution in [0.15, 0.2) is 82.2 Å². The average molecular weight is 818 g/mol. The van der Waals surface area contributed by atoms with Crippen molar-refractivity contribution in [3.05, 3.63) is 82.2 Å². The third-order valence-electron chi connectivity index (χ3n) is 8.96. The number of carbonyl (C=O) groups excluding carboxylic acids is 3. The van der Waals surface area contributed by atoms with Gasteiger partial charge < -0.3 is 64.8 Å². The Labute approximate surface area is 326 Å². The van der Waals surface area contributed by atoms with Crippen molar-refractivity contribution in [1.29, 1.82) is 0 Å². The number of hydrogen-bond donors (Lipinski definition) is 7. The molecule has 4 saturated heterocycles. The molecular formula is C36H46Cl2N2O15. The van der Waals surface area contributed by atoms with Crippen molar-refractivity contribution in [2.24, 2.45) is 5.73 Å². The molecule has 2 amide bonds.